The average molecular weight is 357 g/mol. The van der Waals surface area contributed by atoms with Crippen LogP contribution < -0.4 is 15.8 Å². The van der Waals surface area contributed by atoms with Crippen molar-refractivity contribution in [2.75, 3.05) is 19.0 Å². The van der Waals surface area contributed by atoms with Gasteiger partial charge in [0.25, 0.3) is 5.91 Å². The number of rotatable bonds is 5. The molecule has 0 saturated carbocycles. The van der Waals surface area contributed by atoms with Gasteiger partial charge in [0.05, 0.1) is 4.47 Å². The summed E-state index contributed by atoms with van der Waals surface area (Å²) >= 11 is 2.93. The number of nitrogens with one attached hydrogen (secondary N) is 1. The van der Waals surface area contributed by atoms with Gasteiger partial charge in [-0.1, -0.05) is 0 Å². The molecule has 3 N–H and O–H groups in total. The third-order valence-electron chi connectivity index (χ3n) is 2.22. The summed E-state index contributed by atoms with van der Waals surface area (Å²) in [5.41, 5.74) is 5.61. The maximum absolute atomic E-state index is 12.1. The van der Waals surface area contributed by atoms with Gasteiger partial charge in [-0.15, -0.1) is 13.2 Å². The van der Waals surface area contributed by atoms with E-state index >= 15 is 0 Å². The summed E-state index contributed by atoms with van der Waals surface area (Å²) in [4.78, 5) is 11.7. The van der Waals surface area contributed by atoms with E-state index in [2.05, 4.69) is 26.0 Å². The first-order chi connectivity index (χ1) is 9.26. The lowest BCUT2D eigenvalue weighted by molar-refractivity contribution is -0.274. The van der Waals surface area contributed by atoms with E-state index < -0.39 is 24.1 Å². The molecule has 0 radical (unpaired) electrons. The predicted molar refractivity (Wildman–Crippen MR) is 69.3 cm³/mol. The second-order valence-electron chi connectivity index (χ2n) is 3.64. The molecule has 0 heterocycles. The Balaban J connectivity index is 2.80. The Labute approximate surface area is 121 Å². The molecule has 1 aromatic carbocycles. The number of methoxy groups -OCH3 is 1. The summed E-state index contributed by atoms with van der Waals surface area (Å²) in [6, 6.07) is 3.63. The molecule has 0 aliphatic heterocycles. The van der Waals surface area contributed by atoms with Crippen molar-refractivity contribution in [2.45, 2.75) is 12.5 Å². The van der Waals surface area contributed by atoms with Crippen LogP contribution in [0.2, 0.25) is 0 Å². The first-order valence-electron chi connectivity index (χ1n) is 5.36. The van der Waals surface area contributed by atoms with Crippen molar-refractivity contribution in [2.24, 2.45) is 5.73 Å². The standard InChI is InChI=1S/C11H12BrF3N2O3/c1-19-9(5-16)10(18)17-6-2-3-8(7(12)4-6)20-11(13,14)15/h2-4,9H,5,16H2,1H3,(H,17,18). The molecule has 0 fully saturated rings. The van der Waals surface area contributed by atoms with Gasteiger partial charge >= 0.3 is 6.36 Å². The van der Waals surface area contributed by atoms with E-state index in [1.165, 1.54) is 19.2 Å². The van der Waals surface area contributed by atoms with E-state index in [-0.39, 0.29) is 16.7 Å². The van der Waals surface area contributed by atoms with Crippen molar-refractivity contribution >= 4 is 27.5 Å². The van der Waals surface area contributed by atoms with Gasteiger partial charge < -0.3 is 20.5 Å². The second kappa shape index (κ2) is 6.91. The van der Waals surface area contributed by atoms with Crippen LogP contribution in [0.5, 0.6) is 5.75 Å². The van der Waals surface area contributed by atoms with E-state index in [9.17, 15) is 18.0 Å². The lowest BCUT2D eigenvalue weighted by Gasteiger charge is -2.14. The third kappa shape index (κ3) is 4.99. The molecule has 0 aromatic heterocycles. The topological polar surface area (TPSA) is 73.6 Å². The molecule has 1 unspecified atom stereocenters. The van der Waals surface area contributed by atoms with E-state index in [0.29, 0.717) is 0 Å². The summed E-state index contributed by atoms with van der Waals surface area (Å²) in [7, 11) is 1.33. The fourth-order valence-electron chi connectivity index (χ4n) is 1.32. The van der Waals surface area contributed by atoms with Gasteiger partial charge in [-0.05, 0) is 34.1 Å². The number of alkyl halides is 3. The number of carbonyl (C=O) groups is 1. The summed E-state index contributed by atoms with van der Waals surface area (Å²) < 4.78 is 44.9. The first kappa shape index (κ1) is 16.7. The van der Waals surface area contributed by atoms with E-state index in [1.807, 2.05) is 0 Å². The number of benzene rings is 1. The number of carbonyl (C=O) groups excluding carboxylic acids is 1. The van der Waals surface area contributed by atoms with Crippen LogP contribution in [0.25, 0.3) is 0 Å². The van der Waals surface area contributed by atoms with Crippen LogP contribution in [-0.2, 0) is 9.53 Å². The molecule has 1 atom stereocenters. The Morgan fingerprint density at radius 2 is 2.15 bits per heavy atom. The highest BCUT2D eigenvalue weighted by molar-refractivity contribution is 9.10. The number of ether oxygens (including phenoxy) is 2. The predicted octanol–water partition coefficient (Wildman–Crippen LogP) is 2.26. The second-order valence-corrected chi connectivity index (χ2v) is 4.50. The molecular weight excluding hydrogens is 345 g/mol. The summed E-state index contributed by atoms with van der Waals surface area (Å²) in [5.74, 6) is -0.899. The average Bonchev–Trinajstić information content (AvgIpc) is 2.33. The molecule has 1 aromatic rings. The fraction of sp³-hybridized carbons (Fsp3) is 0.364. The van der Waals surface area contributed by atoms with Gasteiger partial charge in [0.15, 0.2) is 0 Å². The zero-order valence-corrected chi connectivity index (χ0v) is 11.9. The highest BCUT2D eigenvalue weighted by Gasteiger charge is 2.32. The molecule has 5 nitrogen and oxygen atoms in total. The number of hydrogen-bond acceptors (Lipinski definition) is 4. The minimum absolute atomic E-state index is 0.0151. The molecule has 0 bridgehead atoms. The molecule has 9 heteroatoms. The van der Waals surface area contributed by atoms with Gasteiger partial charge in [0, 0.05) is 19.3 Å². The molecule has 1 rings (SSSR count). The van der Waals surface area contributed by atoms with Crippen LogP contribution in [0, 0.1) is 0 Å². The Bertz CT molecular complexity index is 478. The van der Waals surface area contributed by atoms with Crippen molar-refractivity contribution in [1.29, 1.82) is 0 Å². The monoisotopic (exact) mass is 356 g/mol. The van der Waals surface area contributed by atoms with Gasteiger partial charge in [0.1, 0.15) is 11.9 Å². The maximum atomic E-state index is 12.1. The van der Waals surface area contributed by atoms with E-state index in [0.717, 1.165) is 6.07 Å². The van der Waals surface area contributed by atoms with Gasteiger partial charge in [-0.2, -0.15) is 0 Å². The first-order valence-corrected chi connectivity index (χ1v) is 6.15. The highest BCUT2D eigenvalue weighted by Crippen LogP contribution is 2.32. The SMILES string of the molecule is COC(CN)C(=O)Nc1ccc(OC(F)(F)F)c(Br)c1. The quantitative estimate of drug-likeness (QED) is 0.848. The smallest absolute Gasteiger partial charge is 0.405 e. The van der Waals surface area contributed by atoms with Crippen LogP contribution in [0.1, 0.15) is 0 Å². The highest BCUT2D eigenvalue weighted by atomic mass is 79.9. The minimum atomic E-state index is -4.78. The molecule has 0 aliphatic rings. The van der Waals surface area contributed by atoms with Crippen molar-refractivity contribution < 1.29 is 27.4 Å². The van der Waals surface area contributed by atoms with Crippen LogP contribution in [-0.4, -0.2) is 32.0 Å². The molecule has 0 spiro atoms. The zero-order chi connectivity index (χ0) is 15.3. The van der Waals surface area contributed by atoms with Crippen LogP contribution >= 0.6 is 15.9 Å². The normalized spacial score (nSPS) is 12.9. The number of amides is 1. The van der Waals surface area contributed by atoms with Gasteiger partial charge in [-0.25, -0.2) is 0 Å². The zero-order valence-electron chi connectivity index (χ0n) is 10.3. The Kier molecular flexibility index (Phi) is 5.78. The molecule has 112 valence electrons. The van der Waals surface area contributed by atoms with Gasteiger partial charge in [-0.3, -0.25) is 4.79 Å². The van der Waals surface area contributed by atoms with Crippen molar-refractivity contribution in [3.05, 3.63) is 22.7 Å². The van der Waals surface area contributed by atoms with Crippen molar-refractivity contribution in [3.8, 4) is 5.75 Å². The Morgan fingerprint density at radius 3 is 2.60 bits per heavy atom. The van der Waals surface area contributed by atoms with Crippen LogP contribution in [0.3, 0.4) is 0 Å². The van der Waals surface area contributed by atoms with E-state index in [4.69, 9.17) is 10.5 Å². The van der Waals surface area contributed by atoms with Gasteiger partial charge in [0.2, 0.25) is 0 Å². The Morgan fingerprint density at radius 1 is 1.50 bits per heavy atom. The van der Waals surface area contributed by atoms with Crippen LogP contribution in [0.15, 0.2) is 22.7 Å². The molecule has 20 heavy (non-hydrogen) atoms. The van der Waals surface area contributed by atoms with Crippen molar-refractivity contribution in [1.82, 2.24) is 0 Å². The number of anilines is 1. The largest absolute Gasteiger partial charge is 0.573 e. The lowest BCUT2D eigenvalue weighted by atomic mass is 10.2. The molecule has 0 aliphatic carbocycles. The number of nitrogens with two attached hydrogens (primary N) is 1. The Hall–Kier alpha value is -1.32. The summed E-state index contributed by atoms with van der Waals surface area (Å²) in [6.45, 7) is -0.0151. The van der Waals surface area contributed by atoms with E-state index in [1.54, 1.807) is 0 Å². The summed E-state index contributed by atoms with van der Waals surface area (Å²) in [5, 5.41) is 2.46. The molecular formula is C11H12BrF3N2O3. The van der Waals surface area contributed by atoms with Crippen molar-refractivity contribution in [3.63, 3.8) is 0 Å². The maximum Gasteiger partial charge on any atom is 0.573 e. The third-order valence-corrected chi connectivity index (χ3v) is 2.84. The number of hydrogen-bond donors (Lipinski definition) is 2. The molecule has 1 amide bonds. The molecule has 0 saturated heterocycles. The lowest BCUT2D eigenvalue weighted by Crippen LogP contribution is -2.35. The fourth-order valence-corrected chi connectivity index (χ4v) is 1.78. The number of halogens is 4. The summed E-state index contributed by atoms with van der Waals surface area (Å²) in [6.07, 6.45) is -5.62. The minimum Gasteiger partial charge on any atom is -0.405 e. The van der Waals surface area contributed by atoms with Crippen LogP contribution in [0.4, 0.5) is 18.9 Å².